The van der Waals surface area contributed by atoms with Gasteiger partial charge in [0.2, 0.25) is 5.91 Å². The molecule has 3 heterocycles. The summed E-state index contributed by atoms with van der Waals surface area (Å²) in [6.07, 6.45) is 9.70. The predicted molar refractivity (Wildman–Crippen MR) is 112 cm³/mol. The zero-order valence-corrected chi connectivity index (χ0v) is 16.7. The van der Waals surface area contributed by atoms with Crippen molar-refractivity contribution < 1.29 is 9.59 Å². The van der Waals surface area contributed by atoms with E-state index < -0.39 is 0 Å². The number of carbonyl (C=O) groups excluding carboxylic acids is 2. The lowest BCUT2D eigenvalue weighted by molar-refractivity contribution is -0.114. The third-order valence-corrected chi connectivity index (χ3v) is 5.06. The Morgan fingerprint density at radius 3 is 2.73 bits per heavy atom. The van der Waals surface area contributed by atoms with Crippen LogP contribution in [0.5, 0.6) is 0 Å². The molecule has 1 saturated heterocycles. The van der Waals surface area contributed by atoms with E-state index in [1.54, 1.807) is 18.6 Å². The van der Waals surface area contributed by atoms with Crippen molar-refractivity contribution in [2.45, 2.75) is 25.7 Å². The molecule has 0 radical (unpaired) electrons. The van der Waals surface area contributed by atoms with Crippen LogP contribution in [0.25, 0.3) is 11.3 Å². The van der Waals surface area contributed by atoms with Crippen molar-refractivity contribution in [2.75, 3.05) is 18.4 Å². The molecule has 0 saturated carbocycles. The SMILES string of the molecule is CC(=O)Nc1cccc(-c2nccnc2C2CCCN(C(=O)c3cnccn3)C2)c1. The summed E-state index contributed by atoms with van der Waals surface area (Å²) < 4.78 is 0. The minimum absolute atomic E-state index is 0.0625. The van der Waals surface area contributed by atoms with E-state index in [0.717, 1.165) is 29.8 Å². The van der Waals surface area contributed by atoms with Gasteiger partial charge < -0.3 is 10.2 Å². The van der Waals surface area contributed by atoms with Crippen LogP contribution in [0.4, 0.5) is 5.69 Å². The van der Waals surface area contributed by atoms with Gasteiger partial charge in [-0.15, -0.1) is 0 Å². The Bertz CT molecular complexity index is 1060. The Labute approximate surface area is 174 Å². The minimum Gasteiger partial charge on any atom is -0.337 e. The first-order valence-electron chi connectivity index (χ1n) is 9.86. The number of benzene rings is 1. The van der Waals surface area contributed by atoms with E-state index in [1.807, 2.05) is 29.2 Å². The van der Waals surface area contributed by atoms with Gasteiger partial charge in [0.1, 0.15) is 5.69 Å². The van der Waals surface area contributed by atoms with Gasteiger partial charge in [0.25, 0.3) is 5.91 Å². The zero-order valence-electron chi connectivity index (χ0n) is 16.7. The number of aromatic nitrogens is 4. The molecule has 4 rings (SSSR count). The second-order valence-electron chi connectivity index (χ2n) is 7.23. The predicted octanol–water partition coefficient (Wildman–Crippen LogP) is 2.91. The minimum atomic E-state index is -0.128. The summed E-state index contributed by atoms with van der Waals surface area (Å²) in [6, 6.07) is 7.55. The number of nitrogens with zero attached hydrogens (tertiary/aromatic N) is 5. The average molecular weight is 402 g/mol. The van der Waals surface area contributed by atoms with Crippen molar-refractivity contribution in [2.24, 2.45) is 0 Å². The number of hydrogen-bond acceptors (Lipinski definition) is 6. The first kappa shape index (κ1) is 19.6. The summed E-state index contributed by atoms with van der Waals surface area (Å²) >= 11 is 0. The lowest BCUT2D eigenvalue weighted by Crippen LogP contribution is -2.39. The summed E-state index contributed by atoms with van der Waals surface area (Å²) in [6.45, 7) is 2.71. The molecule has 2 aromatic heterocycles. The van der Waals surface area contributed by atoms with Crippen LogP contribution in [0.3, 0.4) is 0 Å². The summed E-state index contributed by atoms with van der Waals surface area (Å²) in [4.78, 5) is 43.4. The van der Waals surface area contributed by atoms with Gasteiger partial charge in [-0.2, -0.15) is 0 Å². The smallest absolute Gasteiger partial charge is 0.274 e. The number of rotatable bonds is 4. The number of nitrogens with one attached hydrogen (secondary N) is 1. The van der Waals surface area contributed by atoms with Crippen LogP contribution in [0, 0.1) is 0 Å². The standard InChI is InChI=1S/C22H22N6O2/c1-15(29)27-18-6-2-4-16(12-18)20-21(26-10-9-25-20)17-5-3-11-28(14-17)22(30)19-13-23-7-8-24-19/h2,4,6-10,12-13,17H,3,5,11,14H2,1H3,(H,27,29). The molecule has 8 heteroatoms. The Hall–Kier alpha value is -3.68. The molecule has 1 aromatic carbocycles. The normalized spacial score (nSPS) is 16.2. The molecule has 152 valence electrons. The maximum atomic E-state index is 12.8. The summed E-state index contributed by atoms with van der Waals surface area (Å²) in [7, 11) is 0. The van der Waals surface area contributed by atoms with Gasteiger partial charge in [0.05, 0.1) is 17.6 Å². The first-order chi connectivity index (χ1) is 14.6. The van der Waals surface area contributed by atoms with Crippen LogP contribution in [0.1, 0.15) is 41.9 Å². The molecule has 0 bridgehead atoms. The van der Waals surface area contributed by atoms with Gasteiger partial charge in [-0.1, -0.05) is 12.1 Å². The molecule has 3 aromatic rings. The molecule has 1 atom stereocenters. The van der Waals surface area contributed by atoms with Gasteiger partial charge in [0.15, 0.2) is 0 Å². The summed E-state index contributed by atoms with van der Waals surface area (Å²) in [5.41, 5.74) is 3.56. The third-order valence-electron chi connectivity index (χ3n) is 5.06. The molecule has 1 aliphatic heterocycles. The van der Waals surface area contributed by atoms with Crippen LogP contribution in [-0.4, -0.2) is 49.7 Å². The zero-order chi connectivity index (χ0) is 20.9. The van der Waals surface area contributed by atoms with E-state index in [1.165, 1.54) is 19.3 Å². The fourth-order valence-electron chi connectivity index (χ4n) is 3.77. The maximum absolute atomic E-state index is 12.8. The molecule has 1 aliphatic rings. The molecule has 2 amide bonds. The molecular formula is C22H22N6O2. The van der Waals surface area contributed by atoms with Crippen LogP contribution in [-0.2, 0) is 4.79 Å². The van der Waals surface area contributed by atoms with E-state index in [9.17, 15) is 9.59 Å². The molecular weight excluding hydrogens is 380 g/mol. The van der Waals surface area contributed by atoms with E-state index in [4.69, 9.17) is 0 Å². The van der Waals surface area contributed by atoms with E-state index >= 15 is 0 Å². The lowest BCUT2D eigenvalue weighted by Gasteiger charge is -2.32. The largest absolute Gasteiger partial charge is 0.337 e. The molecule has 1 unspecified atom stereocenters. The van der Waals surface area contributed by atoms with Gasteiger partial charge in [-0.05, 0) is 25.0 Å². The van der Waals surface area contributed by atoms with Crippen molar-refractivity contribution in [3.8, 4) is 11.3 Å². The number of piperidine rings is 1. The van der Waals surface area contributed by atoms with Crippen LogP contribution < -0.4 is 5.32 Å². The molecule has 8 nitrogen and oxygen atoms in total. The molecule has 30 heavy (non-hydrogen) atoms. The second kappa shape index (κ2) is 8.77. The number of hydrogen-bond donors (Lipinski definition) is 1. The highest BCUT2D eigenvalue weighted by Crippen LogP contribution is 2.33. The van der Waals surface area contributed by atoms with Gasteiger partial charge in [0, 0.05) is 62.0 Å². The second-order valence-corrected chi connectivity index (χ2v) is 7.23. The van der Waals surface area contributed by atoms with Crippen molar-refractivity contribution in [1.82, 2.24) is 24.8 Å². The topological polar surface area (TPSA) is 101 Å². The molecule has 1 fully saturated rings. The number of anilines is 1. The summed E-state index contributed by atoms with van der Waals surface area (Å²) in [5.74, 6) is -0.185. The highest BCUT2D eigenvalue weighted by molar-refractivity contribution is 5.92. The Balaban J connectivity index is 1.61. The highest BCUT2D eigenvalue weighted by Gasteiger charge is 2.29. The Kier molecular flexibility index (Phi) is 5.74. The van der Waals surface area contributed by atoms with Crippen molar-refractivity contribution in [3.63, 3.8) is 0 Å². The van der Waals surface area contributed by atoms with Crippen LogP contribution >= 0.6 is 0 Å². The number of amides is 2. The Morgan fingerprint density at radius 2 is 1.93 bits per heavy atom. The maximum Gasteiger partial charge on any atom is 0.274 e. The summed E-state index contributed by atoms with van der Waals surface area (Å²) in [5, 5.41) is 2.80. The molecule has 0 aliphatic carbocycles. The number of likely N-dealkylation sites (tertiary alicyclic amines) is 1. The Morgan fingerprint density at radius 1 is 1.10 bits per heavy atom. The van der Waals surface area contributed by atoms with Gasteiger partial charge in [-0.3, -0.25) is 24.5 Å². The molecule has 0 spiro atoms. The van der Waals surface area contributed by atoms with Crippen molar-refractivity contribution in [3.05, 3.63) is 66.6 Å². The fourth-order valence-corrected chi connectivity index (χ4v) is 3.77. The first-order valence-corrected chi connectivity index (χ1v) is 9.86. The fraction of sp³-hybridized carbons (Fsp3) is 0.273. The van der Waals surface area contributed by atoms with E-state index in [0.29, 0.717) is 24.5 Å². The van der Waals surface area contributed by atoms with Crippen molar-refractivity contribution >= 4 is 17.5 Å². The monoisotopic (exact) mass is 402 g/mol. The molecule has 1 N–H and O–H groups in total. The average Bonchev–Trinajstić information content (AvgIpc) is 2.79. The van der Waals surface area contributed by atoms with E-state index in [2.05, 4.69) is 25.3 Å². The van der Waals surface area contributed by atoms with Crippen LogP contribution in [0.2, 0.25) is 0 Å². The van der Waals surface area contributed by atoms with Gasteiger partial charge in [-0.25, -0.2) is 4.98 Å². The number of carbonyl (C=O) groups is 2. The third kappa shape index (κ3) is 4.32. The van der Waals surface area contributed by atoms with E-state index in [-0.39, 0.29) is 17.7 Å². The van der Waals surface area contributed by atoms with Crippen LogP contribution in [0.15, 0.2) is 55.2 Å². The quantitative estimate of drug-likeness (QED) is 0.720. The van der Waals surface area contributed by atoms with Crippen molar-refractivity contribution in [1.29, 1.82) is 0 Å². The van der Waals surface area contributed by atoms with Gasteiger partial charge >= 0.3 is 0 Å². The highest BCUT2D eigenvalue weighted by atomic mass is 16.2. The lowest BCUT2D eigenvalue weighted by atomic mass is 9.91.